The Balaban J connectivity index is 1.38. The van der Waals surface area contributed by atoms with E-state index in [1.807, 2.05) is 36.4 Å². The molecule has 0 spiro atoms. The largest absolute Gasteiger partial charge is 0.480 e. The highest BCUT2D eigenvalue weighted by molar-refractivity contribution is 5.89. The van der Waals surface area contributed by atoms with Gasteiger partial charge in [0.05, 0.1) is 0 Å². The molecule has 2 amide bonds. The minimum atomic E-state index is -1.02. The van der Waals surface area contributed by atoms with Crippen LogP contribution in [0.4, 0.5) is 4.79 Å². The lowest BCUT2D eigenvalue weighted by molar-refractivity contribution is -0.148. The van der Waals surface area contributed by atoms with Crippen molar-refractivity contribution in [3.8, 4) is 11.1 Å². The highest BCUT2D eigenvalue weighted by atomic mass is 16.5. The van der Waals surface area contributed by atoms with Crippen molar-refractivity contribution in [1.82, 2.24) is 10.2 Å². The second-order valence-electron chi connectivity index (χ2n) is 7.72. The van der Waals surface area contributed by atoms with E-state index in [1.165, 1.54) is 4.90 Å². The van der Waals surface area contributed by atoms with Crippen LogP contribution in [-0.4, -0.2) is 53.2 Å². The van der Waals surface area contributed by atoms with Crippen molar-refractivity contribution in [3.63, 3.8) is 0 Å². The molecule has 2 aromatic rings. The Hall–Kier alpha value is -3.35. The van der Waals surface area contributed by atoms with Gasteiger partial charge in [0.15, 0.2) is 0 Å². The maximum Gasteiger partial charge on any atom is 0.407 e. The zero-order chi connectivity index (χ0) is 21.3. The van der Waals surface area contributed by atoms with Crippen LogP contribution in [0.25, 0.3) is 11.1 Å². The SMILES string of the molecule is C[C@H](NC(=O)OCC1c2ccccc2-c2ccccc21)C(=O)N1CCC[C@H]1C(=O)O. The van der Waals surface area contributed by atoms with Crippen LogP contribution in [0.3, 0.4) is 0 Å². The van der Waals surface area contributed by atoms with E-state index in [1.54, 1.807) is 6.92 Å². The fourth-order valence-corrected chi connectivity index (χ4v) is 4.41. The van der Waals surface area contributed by atoms with Crippen LogP contribution in [0.15, 0.2) is 48.5 Å². The van der Waals surface area contributed by atoms with Gasteiger partial charge in [0.1, 0.15) is 18.7 Å². The molecule has 2 N–H and O–H groups in total. The van der Waals surface area contributed by atoms with Gasteiger partial charge in [-0.1, -0.05) is 48.5 Å². The summed E-state index contributed by atoms with van der Waals surface area (Å²) in [6, 6.07) is 14.4. The Kier molecular flexibility index (Phi) is 5.44. The number of carboxylic acids is 1. The second kappa shape index (κ2) is 8.18. The predicted molar refractivity (Wildman–Crippen MR) is 110 cm³/mol. The average Bonchev–Trinajstić information content (AvgIpc) is 3.35. The zero-order valence-electron chi connectivity index (χ0n) is 16.7. The number of rotatable bonds is 5. The number of carbonyl (C=O) groups is 3. The summed E-state index contributed by atoms with van der Waals surface area (Å²) < 4.78 is 5.46. The molecule has 4 rings (SSSR count). The number of aliphatic carboxylic acids is 1. The van der Waals surface area contributed by atoms with Crippen LogP contribution >= 0.6 is 0 Å². The van der Waals surface area contributed by atoms with Crippen LogP contribution in [0, 0.1) is 0 Å². The molecule has 7 heteroatoms. The lowest BCUT2D eigenvalue weighted by atomic mass is 9.98. The fourth-order valence-electron chi connectivity index (χ4n) is 4.41. The Morgan fingerprint density at radius 1 is 1.10 bits per heavy atom. The number of likely N-dealkylation sites (tertiary alicyclic amines) is 1. The van der Waals surface area contributed by atoms with Gasteiger partial charge in [-0.25, -0.2) is 9.59 Å². The van der Waals surface area contributed by atoms with Crippen LogP contribution in [0.2, 0.25) is 0 Å². The van der Waals surface area contributed by atoms with Gasteiger partial charge in [0.25, 0.3) is 0 Å². The molecule has 2 aliphatic rings. The molecular weight excluding hydrogens is 384 g/mol. The second-order valence-corrected chi connectivity index (χ2v) is 7.72. The smallest absolute Gasteiger partial charge is 0.407 e. The molecular formula is C23H24N2O5. The molecule has 156 valence electrons. The predicted octanol–water partition coefficient (Wildman–Crippen LogP) is 2.99. The number of ether oxygens (including phenoxy) is 1. The van der Waals surface area contributed by atoms with E-state index in [4.69, 9.17) is 4.74 Å². The molecule has 7 nitrogen and oxygen atoms in total. The molecule has 0 saturated carbocycles. The van der Waals surface area contributed by atoms with Gasteiger partial charge in [-0.3, -0.25) is 4.79 Å². The monoisotopic (exact) mass is 408 g/mol. The molecule has 30 heavy (non-hydrogen) atoms. The van der Waals surface area contributed by atoms with Crippen molar-refractivity contribution in [3.05, 3.63) is 59.7 Å². The number of nitrogens with zero attached hydrogens (tertiary/aromatic N) is 1. The number of carboxylic acid groups (broad SMARTS) is 1. The quantitative estimate of drug-likeness (QED) is 0.793. The molecule has 1 fully saturated rings. The summed E-state index contributed by atoms with van der Waals surface area (Å²) in [6.07, 6.45) is 0.378. The lowest BCUT2D eigenvalue weighted by Gasteiger charge is -2.25. The summed E-state index contributed by atoms with van der Waals surface area (Å²) in [4.78, 5) is 37.5. The Labute approximate surface area is 174 Å². The summed E-state index contributed by atoms with van der Waals surface area (Å²) in [5.74, 6) is -1.49. The van der Waals surface area contributed by atoms with Crippen molar-refractivity contribution >= 4 is 18.0 Å². The van der Waals surface area contributed by atoms with Gasteiger partial charge in [-0.05, 0) is 42.0 Å². The number of hydrogen-bond donors (Lipinski definition) is 2. The van der Waals surface area contributed by atoms with E-state index in [9.17, 15) is 19.5 Å². The van der Waals surface area contributed by atoms with E-state index in [0.29, 0.717) is 19.4 Å². The average molecular weight is 408 g/mol. The minimum absolute atomic E-state index is 0.0656. The Morgan fingerprint density at radius 3 is 2.30 bits per heavy atom. The first-order valence-corrected chi connectivity index (χ1v) is 10.1. The summed E-state index contributed by atoms with van der Waals surface area (Å²) in [7, 11) is 0. The lowest BCUT2D eigenvalue weighted by Crippen LogP contribution is -2.50. The van der Waals surface area contributed by atoms with E-state index < -0.39 is 30.1 Å². The van der Waals surface area contributed by atoms with Crippen LogP contribution < -0.4 is 5.32 Å². The third kappa shape index (κ3) is 3.63. The first-order valence-electron chi connectivity index (χ1n) is 10.1. The topological polar surface area (TPSA) is 95.9 Å². The Bertz CT molecular complexity index is 944. The van der Waals surface area contributed by atoms with E-state index >= 15 is 0 Å². The highest BCUT2D eigenvalue weighted by Crippen LogP contribution is 2.44. The van der Waals surface area contributed by atoms with E-state index in [2.05, 4.69) is 17.4 Å². The maximum atomic E-state index is 12.6. The number of amides is 2. The number of fused-ring (bicyclic) bond motifs is 3. The molecule has 0 unspecified atom stereocenters. The Morgan fingerprint density at radius 2 is 1.70 bits per heavy atom. The molecule has 1 aliphatic heterocycles. The molecule has 2 atom stereocenters. The number of carbonyl (C=O) groups excluding carboxylic acids is 2. The summed E-state index contributed by atoms with van der Waals surface area (Å²) in [5.41, 5.74) is 4.49. The first-order chi connectivity index (χ1) is 14.5. The molecule has 1 saturated heterocycles. The summed E-state index contributed by atoms with van der Waals surface area (Å²) >= 11 is 0. The van der Waals surface area contributed by atoms with Crippen LogP contribution in [0.5, 0.6) is 0 Å². The number of benzene rings is 2. The van der Waals surface area contributed by atoms with Crippen molar-refractivity contribution in [2.75, 3.05) is 13.2 Å². The van der Waals surface area contributed by atoms with Gasteiger partial charge < -0.3 is 20.1 Å². The van der Waals surface area contributed by atoms with Gasteiger partial charge in [-0.2, -0.15) is 0 Å². The van der Waals surface area contributed by atoms with Crippen molar-refractivity contribution < 1.29 is 24.2 Å². The van der Waals surface area contributed by atoms with Gasteiger partial charge in [-0.15, -0.1) is 0 Å². The number of hydrogen-bond acceptors (Lipinski definition) is 4. The van der Waals surface area contributed by atoms with Crippen LogP contribution in [-0.2, 0) is 14.3 Å². The fraction of sp³-hybridized carbons (Fsp3) is 0.348. The summed E-state index contributed by atoms with van der Waals surface area (Å²) in [6.45, 7) is 2.08. The van der Waals surface area contributed by atoms with Crippen molar-refractivity contribution in [1.29, 1.82) is 0 Å². The van der Waals surface area contributed by atoms with Crippen molar-refractivity contribution in [2.45, 2.75) is 37.8 Å². The number of nitrogens with one attached hydrogen (secondary N) is 1. The standard InChI is InChI=1S/C23H24N2O5/c1-14(21(26)25-12-6-11-20(25)22(27)28)24-23(29)30-13-19-17-9-4-2-7-15(17)16-8-3-5-10-18(16)19/h2-5,7-10,14,19-20H,6,11-13H2,1H3,(H,24,29)(H,27,28)/t14-,20-/m0/s1. The third-order valence-corrected chi connectivity index (χ3v) is 5.87. The first kappa shape index (κ1) is 19.9. The zero-order valence-corrected chi connectivity index (χ0v) is 16.7. The van der Waals surface area contributed by atoms with Gasteiger partial charge in [0.2, 0.25) is 5.91 Å². The minimum Gasteiger partial charge on any atom is -0.480 e. The molecule has 0 aromatic heterocycles. The van der Waals surface area contributed by atoms with E-state index in [0.717, 1.165) is 22.3 Å². The maximum absolute atomic E-state index is 12.6. The molecule has 0 radical (unpaired) electrons. The van der Waals surface area contributed by atoms with Crippen LogP contribution in [0.1, 0.15) is 36.8 Å². The molecule has 0 bridgehead atoms. The van der Waals surface area contributed by atoms with Gasteiger partial charge >= 0.3 is 12.1 Å². The highest BCUT2D eigenvalue weighted by Gasteiger charge is 2.36. The van der Waals surface area contributed by atoms with Gasteiger partial charge in [0, 0.05) is 12.5 Å². The third-order valence-electron chi connectivity index (χ3n) is 5.87. The number of alkyl carbamates (subject to hydrolysis) is 1. The van der Waals surface area contributed by atoms with Crippen molar-refractivity contribution in [2.24, 2.45) is 0 Å². The molecule has 1 aliphatic carbocycles. The molecule has 2 aromatic carbocycles. The van der Waals surface area contributed by atoms with E-state index in [-0.39, 0.29) is 12.5 Å². The molecule has 1 heterocycles. The normalized spacial score (nSPS) is 18.4. The summed E-state index contributed by atoms with van der Waals surface area (Å²) in [5, 5.41) is 11.8.